The summed E-state index contributed by atoms with van der Waals surface area (Å²) >= 11 is 0. The molecule has 158 valence electrons. The van der Waals surface area contributed by atoms with Gasteiger partial charge in [-0.25, -0.2) is 0 Å². The molecule has 0 spiro atoms. The summed E-state index contributed by atoms with van der Waals surface area (Å²) in [4.78, 5) is 0. The zero-order valence-electron chi connectivity index (χ0n) is 18.2. The van der Waals surface area contributed by atoms with Crippen molar-refractivity contribution < 1.29 is 0 Å². The van der Waals surface area contributed by atoms with Crippen LogP contribution in [0.4, 0.5) is 22.7 Å². The van der Waals surface area contributed by atoms with Crippen molar-refractivity contribution in [1.29, 1.82) is 0 Å². The molecule has 0 fully saturated rings. The Bertz CT molecular complexity index is 1290. The standard InChI is InChI=1S/C28H24N2O2/c1-3-29(31)25-11-7-5-9-21(25)23-17-19(13-15-27(23)29)20-14-16-28-24(18-20)22-10-6-8-12-26(22)30(28,32)4-2/h5-18H,3-4H2,1-2H3. The lowest BCUT2D eigenvalue weighted by Gasteiger charge is -2.38. The Balaban J connectivity index is 1.53. The number of quaternary nitrogens is 2. The van der Waals surface area contributed by atoms with Gasteiger partial charge in [-0.15, -0.1) is 0 Å². The predicted octanol–water partition coefficient (Wildman–Crippen LogP) is 7.63. The molecule has 2 heterocycles. The minimum Gasteiger partial charge on any atom is -0.622 e. The van der Waals surface area contributed by atoms with Gasteiger partial charge in [0.2, 0.25) is 0 Å². The third kappa shape index (κ3) is 2.35. The molecule has 0 amide bonds. The number of fused-ring (bicyclic) bond motifs is 6. The van der Waals surface area contributed by atoms with Crippen molar-refractivity contribution in [2.75, 3.05) is 13.1 Å². The smallest absolute Gasteiger partial charge is 0.146 e. The normalized spacial score (nSPS) is 22.2. The molecule has 6 rings (SSSR count). The molecule has 2 aliphatic rings. The summed E-state index contributed by atoms with van der Waals surface area (Å²) in [6.45, 7) is 4.79. The number of hydrogen-bond acceptors (Lipinski definition) is 2. The lowest BCUT2D eigenvalue weighted by molar-refractivity contribution is 0.545. The summed E-state index contributed by atoms with van der Waals surface area (Å²) in [5, 5.41) is 27.3. The van der Waals surface area contributed by atoms with E-state index < -0.39 is 9.29 Å². The number of nitrogens with zero attached hydrogens (tertiary/aromatic N) is 2. The van der Waals surface area contributed by atoms with Crippen LogP contribution in [0.2, 0.25) is 0 Å². The van der Waals surface area contributed by atoms with E-state index in [4.69, 9.17) is 0 Å². The van der Waals surface area contributed by atoms with Crippen molar-refractivity contribution in [3.05, 3.63) is 95.3 Å². The van der Waals surface area contributed by atoms with Gasteiger partial charge in [-0.3, -0.25) is 9.29 Å². The monoisotopic (exact) mass is 420 g/mol. The van der Waals surface area contributed by atoms with E-state index in [0.717, 1.165) is 56.1 Å². The van der Waals surface area contributed by atoms with E-state index in [1.165, 1.54) is 0 Å². The number of hydroxylamine groups is 2. The average molecular weight is 421 g/mol. The second-order valence-electron chi connectivity index (χ2n) is 8.61. The zero-order chi connectivity index (χ0) is 22.1. The molecule has 2 unspecified atom stereocenters. The first-order chi connectivity index (χ1) is 15.5. The number of para-hydroxylation sites is 2. The maximum absolute atomic E-state index is 13.7. The molecule has 0 saturated heterocycles. The van der Waals surface area contributed by atoms with Crippen LogP contribution in [-0.4, -0.2) is 13.1 Å². The molecule has 0 bridgehead atoms. The largest absolute Gasteiger partial charge is 0.622 e. The highest BCUT2D eigenvalue weighted by molar-refractivity contribution is 5.99. The Morgan fingerprint density at radius 2 is 0.875 bits per heavy atom. The summed E-state index contributed by atoms with van der Waals surface area (Å²) in [6.07, 6.45) is 0. The number of benzene rings is 4. The Hall–Kier alpha value is -3.28. The van der Waals surface area contributed by atoms with Crippen molar-refractivity contribution >= 4 is 22.7 Å². The molecule has 0 aliphatic carbocycles. The lowest BCUT2D eigenvalue weighted by Crippen LogP contribution is -2.35. The van der Waals surface area contributed by atoms with E-state index in [0.29, 0.717) is 13.1 Å². The Morgan fingerprint density at radius 1 is 0.500 bits per heavy atom. The van der Waals surface area contributed by atoms with Gasteiger partial charge in [0, 0.05) is 35.4 Å². The van der Waals surface area contributed by atoms with Gasteiger partial charge in [0.1, 0.15) is 22.7 Å². The van der Waals surface area contributed by atoms with Crippen molar-refractivity contribution in [2.45, 2.75) is 13.8 Å². The van der Waals surface area contributed by atoms with Crippen LogP contribution < -0.4 is 9.29 Å². The third-order valence-corrected chi connectivity index (χ3v) is 7.16. The van der Waals surface area contributed by atoms with E-state index in [2.05, 4.69) is 12.1 Å². The summed E-state index contributed by atoms with van der Waals surface area (Å²) < 4.78 is -0.841. The van der Waals surface area contributed by atoms with Crippen molar-refractivity contribution in [2.24, 2.45) is 0 Å². The fourth-order valence-corrected chi connectivity index (χ4v) is 5.47. The molecule has 4 aromatic carbocycles. The molecular formula is C28H24N2O2. The van der Waals surface area contributed by atoms with E-state index in [9.17, 15) is 10.4 Å². The van der Waals surface area contributed by atoms with E-state index in [1.807, 2.05) is 86.6 Å². The van der Waals surface area contributed by atoms with Gasteiger partial charge >= 0.3 is 0 Å². The fraction of sp³-hybridized carbons (Fsp3) is 0.143. The molecule has 2 atom stereocenters. The minimum absolute atomic E-state index is 0.421. The molecular weight excluding hydrogens is 396 g/mol. The van der Waals surface area contributed by atoms with Crippen LogP contribution in [-0.2, 0) is 0 Å². The Morgan fingerprint density at radius 3 is 1.28 bits per heavy atom. The van der Waals surface area contributed by atoms with Gasteiger partial charge in [-0.2, -0.15) is 0 Å². The average Bonchev–Trinajstić information content (AvgIpc) is 3.26. The lowest BCUT2D eigenvalue weighted by atomic mass is 9.96. The Labute approximate surface area is 187 Å². The SMILES string of the molecule is CC[N+]1([O-])c2ccccc2-c2cc(-c3ccc4c(c3)-c3ccccc3[N+]4([O-])CC)ccc21. The Kier molecular flexibility index (Phi) is 4.01. The summed E-state index contributed by atoms with van der Waals surface area (Å²) in [5.74, 6) is 0. The second kappa shape index (κ2) is 6.61. The van der Waals surface area contributed by atoms with Gasteiger partial charge in [-0.1, -0.05) is 24.3 Å². The van der Waals surface area contributed by atoms with Crippen LogP contribution in [0.25, 0.3) is 33.4 Å². The molecule has 4 heteroatoms. The maximum Gasteiger partial charge on any atom is 0.146 e. The fourth-order valence-electron chi connectivity index (χ4n) is 5.47. The number of hydrogen-bond donors (Lipinski definition) is 0. The summed E-state index contributed by atoms with van der Waals surface area (Å²) in [5.41, 5.74) is 9.32. The van der Waals surface area contributed by atoms with Crippen LogP contribution in [0, 0.1) is 10.4 Å². The van der Waals surface area contributed by atoms with Crippen LogP contribution in [0.15, 0.2) is 84.9 Å². The maximum atomic E-state index is 13.7. The summed E-state index contributed by atoms with van der Waals surface area (Å²) in [7, 11) is 0. The first kappa shape index (κ1) is 19.4. The molecule has 0 aromatic heterocycles. The van der Waals surface area contributed by atoms with Gasteiger partial charge in [-0.05, 0) is 61.4 Å². The van der Waals surface area contributed by atoms with Crippen molar-refractivity contribution in [3.63, 3.8) is 0 Å². The van der Waals surface area contributed by atoms with Crippen LogP contribution >= 0.6 is 0 Å². The highest BCUT2D eigenvalue weighted by Gasteiger charge is 2.38. The van der Waals surface area contributed by atoms with Crippen LogP contribution in [0.3, 0.4) is 0 Å². The highest BCUT2D eigenvalue weighted by Crippen LogP contribution is 2.55. The zero-order valence-corrected chi connectivity index (χ0v) is 18.2. The van der Waals surface area contributed by atoms with Gasteiger partial charge in [0.25, 0.3) is 0 Å². The molecule has 0 radical (unpaired) electrons. The topological polar surface area (TPSA) is 46.1 Å². The van der Waals surface area contributed by atoms with Crippen molar-refractivity contribution in [1.82, 2.24) is 9.29 Å². The third-order valence-electron chi connectivity index (χ3n) is 7.16. The molecule has 4 aromatic rings. The van der Waals surface area contributed by atoms with E-state index in [1.54, 1.807) is 0 Å². The summed E-state index contributed by atoms with van der Waals surface area (Å²) in [6, 6.07) is 28.1. The van der Waals surface area contributed by atoms with Crippen LogP contribution in [0.5, 0.6) is 0 Å². The molecule has 32 heavy (non-hydrogen) atoms. The minimum atomic E-state index is -0.421. The predicted molar refractivity (Wildman–Crippen MR) is 133 cm³/mol. The van der Waals surface area contributed by atoms with Gasteiger partial charge in [0.05, 0.1) is 24.2 Å². The molecule has 2 aliphatic heterocycles. The van der Waals surface area contributed by atoms with Gasteiger partial charge in [0.15, 0.2) is 0 Å². The van der Waals surface area contributed by atoms with Crippen LogP contribution in [0.1, 0.15) is 13.8 Å². The highest BCUT2D eigenvalue weighted by atomic mass is 16.6. The molecule has 0 saturated carbocycles. The van der Waals surface area contributed by atoms with E-state index >= 15 is 0 Å². The van der Waals surface area contributed by atoms with Gasteiger partial charge < -0.3 is 10.4 Å². The quantitative estimate of drug-likeness (QED) is 0.253. The molecule has 0 N–H and O–H groups in total. The first-order valence-electron chi connectivity index (χ1n) is 11.2. The first-order valence-corrected chi connectivity index (χ1v) is 11.2. The number of rotatable bonds is 3. The second-order valence-corrected chi connectivity index (χ2v) is 8.61. The molecule has 4 nitrogen and oxygen atoms in total. The van der Waals surface area contributed by atoms with Crippen molar-refractivity contribution in [3.8, 4) is 33.4 Å². The van der Waals surface area contributed by atoms with E-state index in [-0.39, 0.29) is 0 Å².